The molecule has 0 spiro atoms. The van der Waals surface area contributed by atoms with Gasteiger partial charge in [0.1, 0.15) is 15.8 Å². The van der Waals surface area contributed by atoms with Gasteiger partial charge in [-0.1, -0.05) is 78.9 Å². The first kappa shape index (κ1) is 40.2. The first-order valence-corrected chi connectivity index (χ1v) is 20.9. The van der Waals surface area contributed by atoms with Crippen LogP contribution in [0.4, 0.5) is 13.2 Å². The summed E-state index contributed by atoms with van der Waals surface area (Å²) in [6.45, 7) is -0.103. The average molecular weight is 803 g/mol. The first-order chi connectivity index (χ1) is 26.6. The van der Waals surface area contributed by atoms with Crippen LogP contribution in [0.15, 0.2) is 125 Å². The second-order valence-electron chi connectivity index (χ2n) is 13.4. The van der Waals surface area contributed by atoms with Crippen molar-refractivity contribution in [2.45, 2.75) is 47.3 Å². The van der Waals surface area contributed by atoms with E-state index in [1.54, 1.807) is 12.1 Å². The fourth-order valence-electron chi connectivity index (χ4n) is 6.70. The molecule has 6 rings (SSSR count). The van der Waals surface area contributed by atoms with Crippen LogP contribution in [0.2, 0.25) is 0 Å². The largest absolute Gasteiger partial charge is 0.467 e. The van der Waals surface area contributed by atoms with Gasteiger partial charge in [-0.05, 0) is 89.2 Å². The minimum absolute atomic E-state index is 0.0340. The van der Waals surface area contributed by atoms with Gasteiger partial charge < -0.3 is 9.64 Å². The number of rotatable bonds is 12. The summed E-state index contributed by atoms with van der Waals surface area (Å²) >= 11 is 0. The molecule has 0 radical (unpaired) electrons. The highest BCUT2D eigenvalue weighted by Crippen LogP contribution is 2.32. The number of nitrogens with zero attached hydrogens (tertiary/aromatic N) is 2. The highest BCUT2D eigenvalue weighted by Gasteiger charge is 2.41. The standard InChI is InChI=1S/C42H37F3N2O7S2/c1-54-41(49)39(27-29-10-12-31(13-11-29)30-7-4-3-5-8-30)46(40(48)34-16-14-32(15-17-34)33-18-20-35(21-19-33)42(43,44)45)28-36-9-6-26-47(36)56(52,53)38-24-22-37(23-25-38)55(2,50)51/h3-5,7-8,10-22,24,36,39H,6,9,26-28H2,1-2H3/t36-,39+/m1/s1. The highest BCUT2D eigenvalue weighted by atomic mass is 32.2. The normalized spacial score (nSPS) is 15.5. The minimum Gasteiger partial charge on any atom is -0.467 e. The van der Waals surface area contributed by atoms with E-state index in [4.69, 9.17) is 4.74 Å². The molecule has 0 saturated carbocycles. The number of hydrogen-bond acceptors (Lipinski definition) is 7. The molecule has 0 unspecified atom stereocenters. The fourth-order valence-corrected chi connectivity index (χ4v) is 8.86. The van der Waals surface area contributed by atoms with Gasteiger partial charge in [-0.3, -0.25) is 4.79 Å². The monoisotopic (exact) mass is 802 g/mol. The van der Waals surface area contributed by atoms with Crippen molar-refractivity contribution in [1.82, 2.24) is 9.21 Å². The quantitative estimate of drug-likeness (QED) is 0.123. The molecule has 1 aliphatic heterocycles. The van der Waals surface area contributed by atoms with E-state index in [0.29, 0.717) is 29.5 Å². The summed E-state index contributed by atoms with van der Waals surface area (Å²) in [5.74, 6) is -1.32. The molecule has 0 aliphatic carbocycles. The van der Waals surface area contributed by atoms with E-state index in [1.165, 1.54) is 40.6 Å². The number of carbonyl (C=O) groups excluding carboxylic acids is 2. The number of alkyl halides is 3. The maximum atomic E-state index is 14.5. The van der Waals surface area contributed by atoms with Crippen molar-refractivity contribution in [3.05, 3.63) is 144 Å². The van der Waals surface area contributed by atoms with Gasteiger partial charge in [0, 0.05) is 37.4 Å². The summed E-state index contributed by atoms with van der Waals surface area (Å²) in [6.07, 6.45) is -2.69. The lowest BCUT2D eigenvalue weighted by molar-refractivity contribution is -0.146. The molecule has 14 heteroatoms. The van der Waals surface area contributed by atoms with Crippen LogP contribution in [0.1, 0.15) is 34.3 Å². The van der Waals surface area contributed by atoms with Crippen LogP contribution in [-0.4, -0.2) is 76.5 Å². The maximum absolute atomic E-state index is 14.5. The fraction of sp³-hybridized carbons (Fsp3) is 0.238. The highest BCUT2D eigenvalue weighted by molar-refractivity contribution is 7.90. The molecule has 0 N–H and O–H groups in total. The lowest BCUT2D eigenvalue weighted by Gasteiger charge is -2.34. The summed E-state index contributed by atoms with van der Waals surface area (Å²) in [4.78, 5) is 29.0. The number of hydrogen-bond donors (Lipinski definition) is 0. The molecule has 0 bridgehead atoms. The molecular weight excluding hydrogens is 766 g/mol. The number of sulfonamides is 1. The van der Waals surface area contributed by atoms with Crippen LogP contribution in [0.25, 0.3) is 22.3 Å². The number of esters is 1. The third-order valence-corrected chi connectivity index (χ3v) is 12.6. The van der Waals surface area contributed by atoms with Gasteiger partial charge in [0.2, 0.25) is 0 Å². The van der Waals surface area contributed by atoms with Crippen LogP contribution in [-0.2, 0) is 42.0 Å². The molecule has 56 heavy (non-hydrogen) atoms. The number of amides is 1. The summed E-state index contributed by atoms with van der Waals surface area (Å²) in [7, 11) is -6.71. The molecule has 1 saturated heterocycles. The Morgan fingerprint density at radius 3 is 1.86 bits per heavy atom. The Hall–Kier alpha value is -5.49. The number of benzene rings is 4. The predicted molar refractivity (Wildman–Crippen MR) is 203 cm³/mol. The van der Waals surface area contributed by atoms with Crippen LogP contribution >= 0.6 is 0 Å². The Balaban J connectivity index is 1.33. The lowest BCUT2D eigenvalue weighted by Crippen LogP contribution is -2.52. The van der Waals surface area contributed by atoms with Gasteiger partial charge in [-0.15, -0.1) is 0 Å². The third kappa shape index (κ3) is 8.97. The molecule has 5 aromatic carbocycles. The predicted octanol–water partition coefficient (Wildman–Crippen LogP) is 7.12. The van der Waals surface area contributed by atoms with E-state index in [-0.39, 0.29) is 34.9 Å². The average Bonchev–Trinajstić information content (AvgIpc) is 3.68. The van der Waals surface area contributed by atoms with Crippen LogP contribution in [0, 0.1) is 12.1 Å². The van der Waals surface area contributed by atoms with E-state index >= 15 is 0 Å². The SMILES string of the molecule is COC(=O)[C@H](Cc1ccc(-c2ccccc2)cc1)N(C[C@H]1CCCN1S(=O)(=O)c1c#cc(S(C)(=O)=O)cc1)C(=O)c1ccc(-c2ccc(C(F)(F)F)cc2)cc1. The zero-order valence-electron chi connectivity index (χ0n) is 30.4. The van der Waals surface area contributed by atoms with Gasteiger partial charge in [0.25, 0.3) is 15.9 Å². The van der Waals surface area contributed by atoms with Crippen LogP contribution in [0.3, 0.4) is 0 Å². The second kappa shape index (κ2) is 16.3. The first-order valence-electron chi connectivity index (χ1n) is 17.5. The Kier molecular flexibility index (Phi) is 11.7. The number of halogens is 3. The van der Waals surface area contributed by atoms with E-state index in [1.807, 2.05) is 54.6 Å². The van der Waals surface area contributed by atoms with Crippen LogP contribution < -0.4 is 0 Å². The molecular formula is C42H37F3N2O7S2. The van der Waals surface area contributed by atoms with E-state index < -0.39 is 55.6 Å². The summed E-state index contributed by atoms with van der Waals surface area (Å²) < 4.78 is 97.7. The van der Waals surface area contributed by atoms with Crippen molar-refractivity contribution in [3.63, 3.8) is 0 Å². The maximum Gasteiger partial charge on any atom is 0.416 e. The van der Waals surface area contributed by atoms with Crippen molar-refractivity contribution in [2.24, 2.45) is 0 Å². The smallest absolute Gasteiger partial charge is 0.416 e. The number of methoxy groups -OCH3 is 1. The zero-order valence-corrected chi connectivity index (χ0v) is 32.0. The lowest BCUT2D eigenvalue weighted by atomic mass is 9.98. The third-order valence-electron chi connectivity index (χ3n) is 9.69. The van der Waals surface area contributed by atoms with E-state index in [0.717, 1.165) is 41.6 Å². The van der Waals surface area contributed by atoms with Crippen molar-refractivity contribution < 1.29 is 44.3 Å². The van der Waals surface area contributed by atoms with E-state index in [9.17, 15) is 39.6 Å². The van der Waals surface area contributed by atoms with Gasteiger partial charge in [-0.25, -0.2) is 21.6 Å². The van der Waals surface area contributed by atoms with Gasteiger partial charge in [0.05, 0.1) is 12.7 Å². The van der Waals surface area contributed by atoms with Gasteiger partial charge in [0.15, 0.2) is 9.84 Å². The summed E-state index contributed by atoms with van der Waals surface area (Å²) in [6, 6.07) is 33.2. The number of carbonyl (C=O) groups is 2. The molecule has 290 valence electrons. The minimum atomic E-state index is -4.49. The molecule has 0 aromatic heterocycles. The Labute approximate surface area is 324 Å². The summed E-state index contributed by atoms with van der Waals surface area (Å²) in [5.41, 5.74) is 3.04. The molecule has 1 aliphatic rings. The zero-order chi connectivity index (χ0) is 40.3. The molecule has 9 nitrogen and oxygen atoms in total. The van der Waals surface area contributed by atoms with Crippen molar-refractivity contribution >= 4 is 31.7 Å². The Bertz CT molecular complexity index is 2390. The summed E-state index contributed by atoms with van der Waals surface area (Å²) in [5, 5.41) is 0. The van der Waals surface area contributed by atoms with Crippen molar-refractivity contribution in [2.75, 3.05) is 26.5 Å². The van der Waals surface area contributed by atoms with Gasteiger partial charge in [-0.2, -0.15) is 17.5 Å². The molecule has 2 atom stereocenters. The Morgan fingerprint density at radius 1 is 0.786 bits per heavy atom. The molecule has 5 aromatic rings. The van der Waals surface area contributed by atoms with Crippen LogP contribution in [0.5, 0.6) is 0 Å². The topological polar surface area (TPSA) is 118 Å². The van der Waals surface area contributed by atoms with Crippen molar-refractivity contribution in [1.29, 1.82) is 0 Å². The molecule has 1 fully saturated rings. The number of sulfone groups is 1. The second-order valence-corrected chi connectivity index (χ2v) is 17.3. The number of ether oxygens (including phenoxy) is 1. The Morgan fingerprint density at radius 2 is 1.32 bits per heavy atom. The molecule has 1 amide bonds. The van der Waals surface area contributed by atoms with E-state index in [2.05, 4.69) is 12.1 Å². The van der Waals surface area contributed by atoms with Crippen molar-refractivity contribution in [3.8, 4) is 22.3 Å². The van der Waals surface area contributed by atoms with Gasteiger partial charge >= 0.3 is 12.1 Å². The molecule has 1 heterocycles.